The van der Waals surface area contributed by atoms with E-state index in [9.17, 15) is 4.79 Å². The van der Waals surface area contributed by atoms with Crippen molar-refractivity contribution in [2.45, 2.75) is 19.8 Å². The van der Waals surface area contributed by atoms with Crippen molar-refractivity contribution in [3.8, 4) is 0 Å². The highest BCUT2D eigenvalue weighted by Crippen LogP contribution is 2.15. The second-order valence-electron chi connectivity index (χ2n) is 2.58. The predicted molar refractivity (Wildman–Crippen MR) is 52.8 cm³/mol. The van der Waals surface area contributed by atoms with Gasteiger partial charge in [-0.2, -0.15) is 0 Å². The molecule has 0 atom stereocenters. The first-order valence-corrected chi connectivity index (χ1v) is 4.89. The number of rotatable bonds is 4. The Morgan fingerprint density at radius 2 is 2.54 bits per heavy atom. The summed E-state index contributed by atoms with van der Waals surface area (Å²) in [7, 11) is 0. The van der Waals surface area contributed by atoms with Crippen LogP contribution in [0.15, 0.2) is 12.3 Å². The van der Waals surface area contributed by atoms with Crippen LogP contribution in [0, 0.1) is 0 Å². The van der Waals surface area contributed by atoms with Gasteiger partial charge in [-0.15, -0.1) is 11.3 Å². The van der Waals surface area contributed by atoms with Crippen molar-refractivity contribution in [3.63, 3.8) is 0 Å². The quantitative estimate of drug-likeness (QED) is 0.753. The molecule has 0 spiro atoms. The van der Waals surface area contributed by atoms with E-state index < -0.39 is 5.97 Å². The maximum atomic E-state index is 10.2. The van der Waals surface area contributed by atoms with Crippen LogP contribution in [0.5, 0.6) is 0 Å². The molecular weight excluding hydrogens is 186 g/mol. The predicted octanol–water partition coefficient (Wildman–Crippen LogP) is 2.19. The summed E-state index contributed by atoms with van der Waals surface area (Å²) in [6, 6.07) is 0. The largest absolute Gasteiger partial charge is 0.478 e. The average molecular weight is 197 g/mol. The van der Waals surface area contributed by atoms with Crippen LogP contribution in [0.2, 0.25) is 0 Å². The summed E-state index contributed by atoms with van der Waals surface area (Å²) < 4.78 is 0. The molecule has 1 N–H and O–H groups in total. The molecule has 0 aliphatic rings. The molecule has 4 heteroatoms. The molecule has 0 radical (unpaired) electrons. The summed E-state index contributed by atoms with van der Waals surface area (Å²) >= 11 is 1.54. The summed E-state index contributed by atoms with van der Waals surface area (Å²) in [5.74, 6) is -0.926. The van der Waals surface area contributed by atoms with Gasteiger partial charge in [0.1, 0.15) is 0 Å². The summed E-state index contributed by atoms with van der Waals surface area (Å²) in [5.41, 5.74) is 0. The number of aromatic nitrogens is 1. The van der Waals surface area contributed by atoms with E-state index in [0.717, 1.165) is 28.8 Å². The lowest BCUT2D eigenvalue weighted by atomic mass is 10.4. The Balaban J connectivity index is 2.63. The van der Waals surface area contributed by atoms with Crippen molar-refractivity contribution in [2.24, 2.45) is 0 Å². The van der Waals surface area contributed by atoms with Crippen molar-refractivity contribution < 1.29 is 9.90 Å². The van der Waals surface area contributed by atoms with Gasteiger partial charge in [0.15, 0.2) is 0 Å². The Bertz CT molecular complexity index is 317. The van der Waals surface area contributed by atoms with Crippen LogP contribution in [0.4, 0.5) is 0 Å². The van der Waals surface area contributed by atoms with Gasteiger partial charge < -0.3 is 5.11 Å². The highest BCUT2D eigenvalue weighted by molar-refractivity contribution is 7.12. The third kappa shape index (κ3) is 3.38. The van der Waals surface area contributed by atoms with Crippen LogP contribution in [-0.4, -0.2) is 16.1 Å². The van der Waals surface area contributed by atoms with E-state index in [1.165, 1.54) is 11.3 Å². The van der Waals surface area contributed by atoms with Gasteiger partial charge in [-0.05, 0) is 18.9 Å². The van der Waals surface area contributed by atoms with Crippen molar-refractivity contribution in [3.05, 3.63) is 22.2 Å². The molecule has 13 heavy (non-hydrogen) atoms. The average Bonchev–Trinajstić information content (AvgIpc) is 2.50. The molecule has 0 bridgehead atoms. The number of hydrogen-bond acceptors (Lipinski definition) is 3. The van der Waals surface area contributed by atoms with Gasteiger partial charge in [-0.1, -0.05) is 6.92 Å². The van der Waals surface area contributed by atoms with Crippen LogP contribution in [0.1, 0.15) is 23.2 Å². The van der Waals surface area contributed by atoms with E-state index in [-0.39, 0.29) is 0 Å². The van der Waals surface area contributed by atoms with Gasteiger partial charge in [-0.3, -0.25) is 0 Å². The highest BCUT2D eigenvalue weighted by Gasteiger charge is 1.97. The van der Waals surface area contributed by atoms with Crippen molar-refractivity contribution in [1.82, 2.24) is 4.98 Å². The number of hydrogen-bond donors (Lipinski definition) is 1. The SMILES string of the molecule is CCCc1ncc(C=CC(=O)O)s1. The Morgan fingerprint density at radius 3 is 3.15 bits per heavy atom. The topological polar surface area (TPSA) is 50.2 Å². The molecule has 0 fully saturated rings. The lowest BCUT2D eigenvalue weighted by molar-refractivity contribution is -0.131. The minimum atomic E-state index is -0.926. The molecule has 0 saturated carbocycles. The number of carbonyl (C=O) groups is 1. The first-order chi connectivity index (χ1) is 6.22. The summed E-state index contributed by atoms with van der Waals surface area (Å²) in [5, 5.41) is 9.44. The molecular formula is C9H11NO2S. The number of thiazole rings is 1. The van der Waals surface area contributed by atoms with Crippen LogP contribution >= 0.6 is 11.3 Å². The summed E-state index contributed by atoms with van der Waals surface area (Å²) in [4.78, 5) is 15.3. The zero-order valence-electron chi connectivity index (χ0n) is 7.36. The fourth-order valence-corrected chi connectivity index (χ4v) is 1.81. The monoisotopic (exact) mass is 197 g/mol. The van der Waals surface area contributed by atoms with E-state index in [0.29, 0.717) is 0 Å². The third-order valence-corrected chi connectivity index (χ3v) is 2.45. The molecule has 0 unspecified atom stereocenters. The van der Waals surface area contributed by atoms with Crippen LogP contribution in [0.25, 0.3) is 6.08 Å². The summed E-state index contributed by atoms with van der Waals surface area (Å²) in [6.45, 7) is 2.09. The second-order valence-corrected chi connectivity index (χ2v) is 3.72. The molecule has 0 saturated heterocycles. The molecule has 0 aliphatic carbocycles. The number of carboxylic acids is 1. The maximum Gasteiger partial charge on any atom is 0.328 e. The Hall–Kier alpha value is -1.16. The normalized spacial score (nSPS) is 10.8. The Morgan fingerprint density at radius 1 is 1.77 bits per heavy atom. The van der Waals surface area contributed by atoms with Gasteiger partial charge in [0.05, 0.1) is 5.01 Å². The number of carboxylic acid groups (broad SMARTS) is 1. The molecule has 1 aromatic heterocycles. The van der Waals surface area contributed by atoms with Crippen molar-refractivity contribution in [1.29, 1.82) is 0 Å². The van der Waals surface area contributed by atoms with Crippen LogP contribution < -0.4 is 0 Å². The Labute approximate surface area is 80.7 Å². The van der Waals surface area contributed by atoms with Crippen LogP contribution in [-0.2, 0) is 11.2 Å². The molecule has 0 amide bonds. The van der Waals surface area contributed by atoms with E-state index in [1.54, 1.807) is 12.3 Å². The van der Waals surface area contributed by atoms with E-state index in [2.05, 4.69) is 11.9 Å². The first-order valence-electron chi connectivity index (χ1n) is 4.08. The molecule has 0 aliphatic heterocycles. The van der Waals surface area contributed by atoms with E-state index in [1.807, 2.05) is 0 Å². The first kappa shape index (κ1) is 9.92. The molecule has 1 heterocycles. The van der Waals surface area contributed by atoms with E-state index in [4.69, 9.17) is 5.11 Å². The smallest absolute Gasteiger partial charge is 0.328 e. The lowest BCUT2D eigenvalue weighted by Gasteiger charge is -1.85. The fourth-order valence-electron chi connectivity index (χ4n) is 0.884. The fraction of sp³-hybridized carbons (Fsp3) is 0.333. The number of aliphatic carboxylic acids is 1. The highest BCUT2D eigenvalue weighted by atomic mass is 32.1. The Kier molecular flexibility index (Phi) is 3.64. The standard InChI is InChI=1S/C9H11NO2S/c1-2-3-8-10-6-7(13-8)4-5-9(11)12/h4-6H,2-3H2,1H3,(H,11,12). The molecule has 70 valence electrons. The number of aryl methyl sites for hydroxylation is 1. The van der Waals surface area contributed by atoms with Crippen molar-refractivity contribution in [2.75, 3.05) is 0 Å². The van der Waals surface area contributed by atoms with Crippen LogP contribution in [0.3, 0.4) is 0 Å². The lowest BCUT2D eigenvalue weighted by Crippen LogP contribution is -1.84. The van der Waals surface area contributed by atoms with Gasteiger partial charge in [-0.25, -0.2) is 9.78 Å². The van der Waals surface area contributed by atoms with E-state index >= 15 is 0 Å². The molecule has 3 nitrogen and oxygen atoms in total. The van der Waals surface area contributed by atoms with Gasteiger partial charge in [0, 0.05) is 17.2 Å². The minimum Gasteiger partial charge on any atom is -0.478 e. The van der Waals surface area contributed by atoms with Gasteiger partial charge in [0.25, 0.3) is 0 Å². The van der Waals surface area contributed by atoms with Gasteiger partial charge in [0.2, 0.25) is 0 Å². The molecule has 1 rings (SSSR count). The molecule has 0 aromatic carbocycles. The summed E-state index contributed by atoms with van der Waals surface area (Å²) in [6.07, 6.45) is 6.43. The third-order valence-electron chi connectivity index (χ3n) is 1.43. The van der Waals surface area contributed by atoms with Gasteiger partial charge >= 0.3 is 5.97 Å². The molecule has 1 aromatic rings. The number of nitrogens with zero attached hydrogens (tertiary/aromatic N) is 1. The minimum absolute atomic E-state index is 0.894. The zero-order chi connectivity index (χ0) is 9.68. The maximum absolute atomic E-state index is 10.2. The second kappa shape index (κ2) is 4.77. The van der Waals surface area contributed by atoms with Crippen molar-refractivity contribution >= 4 is 23.4 Å². The zero-order valence-corrected chi connectivity index (χ0v) is 8.17.